The molecule has 0 saturated carbocycles. The second kappa shape index (κ2) is 9.52. The highest BCUT2D eigenvalue weighted by Gasteiger charge is 2.25. The predicted octanol–water partition coefficient (Wildman–Crippen LogP) is 2.72. The molecule has 0 aromatic heterocycles. The highest BCUT2D eigenvalue weighted by molar-refractivity contribution is 5.94. The molecule has 0 fully saturated rings. The Morgan fingerprint density at radius 2 is 1.93 bits per heavy atom. The molecule has 1 aliphatic rings. The summed E-state index contributed by atoms with van der Waals surface area (Å²) in [5.41, 5.74) is 3.03. The van der Waals surface area contributed by atoms with Crippen LogP contribution in [0.2, 0.25) is 0 Å². The summed E-state index contributed by atoms with van der Waals surface area (Å²) in [5.74, 6) is 0.540. The van der Waals surface area contributed by atoms with Crippen LogP contribution >= 0.6 is 0 Å². The molecule has 29 heavy (non-hydrogen) atoms. The van der Waals surface area contributed by atoms with E-state index in [-0.39, 0.29) is 23.7 Å². The molecule has 0 aliphatic carbocycles. The van der Waals surface area contributed by atoms with E-state index in [1.54, 1.807) is 19.2 Å². The largest absolute Gasteiger partial charge is 0.356 e. The fraction of sp³-hybridized carbons (Fsp3) is 0.364. The first-order chi connectivity index (χ1) is 14.0. The third-order valence-corrected chi connectivity index (χ3v) is 5.19. The highest BCUT2D eigenvalue weighted by Crippen LogP contribution is 2.31. The summed E-state index contributed by atoms with van der Waals surface area (Å²) >= 11 is 0. The number of aliphatic imine (C=N–C) groups is 1. The molecular weight excluding hydrogens is 369 g/mol. The maximum atomic E-state index is 13.2. The Hall–Kier alpha value is -2.93. The highest BCUT2D eigenvalue weighted by atomic mass is 19.1. The van der Waals surface area contributed by atoms with E-state index in [1.807, 2.05) is 38.4 Å². The van der Waals surface area contributed by atoms with E-state index in [0.717, 1.165) is 16.8 Å². The number of guanidine groups is 1. The summed E-state index contributed by atoms with van der Waals surface area (Å²) in [6.45, 7) is 1.22. The minimum absolute atomic E-state index is 0.0300. The van der Waals surface area contributed by atoms with Crippen LogP contribution in [0, 0.1) is 5.82 Å². The first-order valence-corrected chi connectivity index (χ1v) is 9.73. The minimum Gasteiger partial charge on any atom is -0.356 e. The molecule has 1 amide bonds. The average Bonchev–Trinajstić information content (AvgIpc) is 2.71. The van der Waals surface area contributed by atoms with Crippen molar-refractivity contribution in [2.75, 3.05) is 39.5 Å². The summed E-state index contributed by atoms with van der Waals surface area (Å²) in [6.07, 6.45) is 0.441. The van der Waals surface area contributed by atoms with Gasteiger partial charge in [0, 0.05) is 38.2 Å². The van der Waals surface area contributed by atoms with Gasteiger partial charge in [-0.1, -0.05) is 30.3 Å². The number of rotatable bonds is 6. The minimum atomic E-state index is -0.242. The van der Waals surface area contributed by atoms with Gasteiger partial charge in [0.2, 0.25) is 5.91 Å². The smallest absolute Gasteiger partial charge is 0.225 e. The molecule has 154 valence electrons. The van der Waals surface area contributed by atoms with Crippen molar-refractivity contribution < 1.29 is 9.18 Å². The molecule has 3 rings (SSSR count). The van der Waals surface area contributed by atoms with Crippen molar-refractivity contribution >= 4 is 17.6 Å². The number of nitrogens with zero attached hydrogens (tertiary/aromatic N) is 2. The standard InChI is InChI=1S/C22H28FN5O/c1-24-22(26-14-20(28(2)3)15-8-10-17(23)11-9-15)25-13-16-12-21(29)27-19-7-5-4-6-18(16)19/h4-11,16,20H,12-14H2,1-3H3,(H,27,29)(H2,24,25,26). The summed E-state index contributed by atoms with van der Waals surface area (Å²) in [7, 11) is 5.70. The van der Waals surface area contributed by atoms with Crippen molar-refractivity contribution in [3.63, 3.8) is 0 Å². The molecule has 7 heteroatoms. The van der Waals surface area contributed by atoms with E-state index < -0.39 is 0 Å². The summed E-state index contributed by atoms with van der Waals surface area (Å²) in [4.78, 5) is 18.4. The fourth-order valence-electron chi connectivity index (χ4n) is 3.60. The molecule has 2 aromatic rings. The lowest BCUT2D eigenvalue weighted by atomic mass is 9.90. The van der Waals surface area contributed by atoms with Gasteiger partial charge in [-0.2, -0.15) is 0 Å². The predicted molar refractivity (Wildman–Crippen MR) is 115 cm³/mol. The number of halogens is 1. The molecule has 0 spiro atoms. The molecular formula is C22H28FN5O. The molecule has 1 aliphatic heterocycles. The number of likely N-dealkylation sites (N-methyl/N-ethyl adjacent to an activating group) is 1. The van der Waals surface area contributed by atoms with Crippen LogP contribution in [0.15, 0.2) is 53.5 Å². The molecule has 6 nitrogen and oxygen atoms in total. The number of nitrogens with one attached hydrogen (secondary N) is 3. The van der Waals surface area contributed by atoms with Gasteiger partial charge in [-0.25, -0.2) is 4.39 Å². The van der Waals surface area contributed by atoms with Gasteiger partial charge in [0.05, 0.1) is 6.04 Å². The lowest BCUT2D eigenvalue weighted by Crippen LogP contribution is -2.43. The van der Waals surface area contributed by atoms with Gasteiger partial charge < -0.3 is 20.9 Å². The Morgan fingerprint density at radius 3 is 2.62 bits per heavy atom. The van der Waals surface area contributed by atoms with E-state index in [0.29, 0.717) is 25.5 Å². The SMILES string of the molecule is CN=C(NCC1CC(=O)Nc2ccccc21)NCC(c1ccc(F)cc1)N(C)C. The molecule has 2 atom stereocenters. The van der Waals surface area contributed by atoms with Crippen LogP contribution in [0.4, 0.5) is 10.1 Å². The van der Waals surface area contributed by atoms with Crippen molar-refractivity contribution in [1.82, 2.24) is 15.5 Å². The van der Waals surface area contributed by atoms with Gasteiger partial charge >= 0.3 is 0 Å². The van der Waals surface area contributed by atoms with Crippen LogP contribution in [0.25, 0.3) is 0 Å². The normalized spacial score (nSPS) is 17.5. The zero-order valence-corrected chi connectivity index (χ0v) is 17.1. The van der Waals surface area contributed by atoms with E-state index in [9.17, 15) is 9.18 Å². The van der Waals surface area contributed by atoms with E-state index in [2.05, 4.69) is 25.8 Å². The zero-order valence-electron chi connectivity index (χ0n) is 17.1. The first kappa shape index (κ1) is 20.8. The Balaban J connectivity index is 1.61. The first-order valence-electron chi connectivity index (χ1n) is 9.73. The summed E-state index contributed by atoms with van der Waals surface area (Å²) in [5, 5.41) is 9.60. The lowest BCUT2D eigenvalue weighted by Gasteiger charge is -2.28. The number of para-hydroxylation sites is 1. The maximum absolute atomic E-state index is 13.2. The number of amides is 1. The molecule has 1 heterocycles. The second-order valence-corrected chi connectivity index (χ2v) is 7.40. The van der Waals surface area contributed by atoms with Crippen LogP contribution in [-0.4, -0.2) is 51.0 Å². The van der Waals surface area contributed by atoms with E-state index in [4.69, 9.17) is 0 Å². The van der Waals surface area contributed by atoms with Crippen molar-refractivity contribution in [3.8, 4) is 0 Å². The Bertz CT molecular complexity index is 866. The summed E-state index contributed by atoms with van der Waals surface area (Å²) < 4.78 is 13.2. The van der Waals surface area contributed by atoms with Crippen molar-refractivity contribution in [2.24, 2.45) is 4.99 Å². The Labute approximate surface area is 171 Å². The Kier molecular flexibility index (Phi) is 6.82. The van der Waals surface area contributed by atoms with E-state index in [1.165, 1.54) is 12.1 Å². The van der Waals surface area contributed by atoms with Crippen LogP contribution in [-0.2, 0) is 4.79 Å². The van der Waals surface area contributed by atoms with E-state index >= 15 is 0 Å². The fourth-order valence-corrected chi connectivity index (χ4v) is 3.60. The molecule has 3 N–H and O–H groups in total. The van der Waals surface area contributed by atoms with Crippen molar-refractivity contribution in [1.29, 1.82) is 0 Å². The quantitative estimate of drug-likeness (QED) is 0.518. The Morgan fingerprint density at radius 1 is 1.21 bits per heavy atom. The summed E-state index contributed by atoms with van der Waals surface area (Å²) in [6, 6.07) is 14.5. The maximum Gasteiger partial charge on any atom is 0.225 e. The molecule has 2 aromatic carbocycles. The van der Waals surface area contributed by atoms with Crippen LogP contribution in [0.1, 0.15) is 29.5 Å². The number of carbonyl (C=O) groups excluding carboxylic acids is 1. The monoisotopic (exact) mass is 397 g/mol. The number of hydrogen-bond acceptors (Lipinski definition) is 3. The number of fused-ring (bicyclic) bond motifs is 1. The second-order valence-electron chi connectivity index (χ2n) is 7.40. The van der Waals surface area contributed by atoms with Gasteiger partial charge in [0.15, 0.2) is 5.96 Å². The number of carbonyl (C=O) groups is 1. The van der Waals surface area contributed by atoms with Gasteiger partial charge in [0.25, 0.3) is 0 Å². The average molecular weight is 397 g/mol. The van der Waals surface area contributed by atoms with Crippen LogP contribution in [0.3, 0.4) is 0 Å². The van der Waals surface area contributed by atoms with Crippen molar-refractivity contribution in [2.45, 2.75) is 18.4 Å². The van der Waals surface area contributed by atoms with Crippen LogP contribution in [0.5, 0.6) is 0 Å². The van der Waals surface area contributed by atoms with Gasteiger partial charge in [0.1, 0.15) is 5.82 Å². The molecule has 2 unspecified atom stereocenters. The molecule has 0 bridgehead atoms. The zero-order chi connectivity index (χ0) is 20.8. The van der Waals surface area contributed by atoms with Gasteiger partial charge in [-0.05, 0) is 43.4 Å². The molecule has 0 radical (unpaired) electrons. The van der Waals surface area contributed by atoms with Gasteiger partial charge in [-0.15, -0.1) is 0 Å². The van der Waals surface area contributed by atoms with Crippen molar-refractivity contribution in [3.05, 3.63) is 65.5 Å². The number of hydrogen-bond donors (Lipinski definition) is 3. The molecule has 0 saturated heterocycles. The van der Waals surface area contributed by atoms with Crippen LogP contribution < -0.4 is 16.0 Å². The number of benzene rings is 2. The van der Waals surface area contributed by atoms with Gasteiger partial charge in [-0.3, -0.25) is 9.79 Å². The third kappa shape index (κ3) is 5.32. The number of anilines is 1. The third-order valence-electron chi connectivity index (χ3n) is 5.19. The lowest BCUT2D eigenvalue weighted by molar-refractivity contribution is -0.116. The topological polar surface area (TPSA) is 68.8 Å².